The van der Waals surface area contributed by atoms with Gasteiger partial charge in [0.15, 0.2) is 0 Å². The predicted molar refractivity (Wildman–Crippen MR) is 109 cm³/mol. The van der Waals surface area contributed by atoms with Crippen molar-refractivity contribution in [1.29, 1.82) is 0 Å². The van der Waals surface area contributed by atoms with Gasteiger partial charge in [0.05, 0.1) is 13.0 Å². The number of aromatic nitrogens is 1. The van der Waals surface area contributed by atoms with Crippen molar-refractivity contribution in [1.82, 2.24) is 19.7 Å². The zero-order valence-electron chi connectivity index (χ0n) is 17.8. The smallest absolute Gasteiger partial charge is 0.374 e. The first-order chi connectivity index (χ1) is 14.5. The SMILES string of the molecule is Cc1csc([C@](O)(CC(=O)N2CCN(CC(=O)N3CCCC[C@@H]3C)CC2)C(F)(F)F)n1. The zero-order valence-corrected chi connectivity index (χ0v) is 18.6. The number of carbonyl (C=O) groups is 2. The molecule has 1 aromatic rings. The minimum atomic E-state index is -5.02. The van der Waals surface area contributed by atoms with Gasteiger partial charge in [-0.1, -0.05) is 0 Å². The van der Waals surface area contributed by atoms with Gasteiger partial charge in [-0.15, -0.1) is 11.3 Å². The number of nitrogens with zero attached hydrogens (tertiary/aromatic N) is 4. The number of alkyl halides is 3. The Hall–Kier alpha value is -1.72. The van der Waals surface area contributed by atoms with Crippen LogP contribution < -0.4 is 0 Å². The van der Waals surface area contributed by atoms with E-state index < -0.39 is 29.1 Å². The largest absolute Gasteiger partial charge is 0.424 e. The Kier molecular flexibility index (Phi) is 7.27. The fraction of sp³-hybridized carbons (Fsp3) is 0.750. The summed E-state index contributed by atoms with van der Waals surface area (Å²) in [5.41, 5.74) is -2.95. The molecule has 0 radical (unpaired) electrons. The van der Waals surface area contributed by atoms with Gasteiger partial charge in [-0.3, -0.25) is 14.5 Å². The van der Waals surface area contributed by atoms with Gasteiger partial charge < -0.3 is 14.9 Å². The molecule has 0 unspecified atom stereocenters. The first-order valence-electron chi connectivity index (χ1n) is 10.5. The third kappa shape index (κ3) is 5.38. The number of halogens is 3. The number of hydrogen-bond acceptors (Lipinski definition) is 6. The van der Waals surface area contributed by atoms with Crippen LogP contribution in [0, 0.1) is 6.92 Å². The second-order valence-electron chi connectivity index (χ2n) is 8.42. The van der Waals surface area contributed by atoms with Crippen molar-refractivity contribution in [3.05, 3.63) is 16.1 Å². The molecule has 1 aromatic heterocycles. The average molecular weight is 463 g/mol. The molecule has 31 heavy (non-hydrogen) atoms. The summed E-state index contributed by atoms with van der Waals surface area (Å²) in [6, 6.07) is 0.221. The molecule has 2 atom stereocenters. The minimum absolute atomic E-state index is 0.0533. The molecule has 2 saturated heterocycles. The molecular weight excluding hydrogens is 433 g/mol. The monoisotopic (exact) mass is 462 g/mol. The topological polar surface area (TPSA) is 77.0 Å². The number of aryl methyl sites for hydroxylation is 1. The van der Waals surface area contributed by atoms with E-state index in [-0.39, 0.29) is 31.6 Å². The fourth-order valence-electron chi connectivity index (χ4n) is 4.08. The van der Waals surface area contributed by atoms with E-state index in [9.17, 15) is 27.9 Å². The van der Waals surface area contributed by atoms with E-state index in [0.717, 1.165) is 25.8 Å². The molecule has 1 N–H and O–H groups in total. The highest BCUT2D eigenvalue weighted by Crippen LogP contribution is 2.43. The lowest BCUT2D eigenvalue weighted by Crippen LogP contribution is -2.54. The summed E-state index contributed by atoms with van der Waals surface area (Å²) in [5, 5.41) is 11.3. The molecule has 0 spiro atoms. The van der Waals surface area contributed by atoms with Crippen LogP contribution in [0.15, 0.2) is 5.38 Å². The number of likely N-dealkylation sites (tertiary alicyclic amines) is 1. The third-order valence-corrected chi connectivity index (χ3v) is 7.17. The van der Waals surface area contributed by atoms with Gasteiger partial charge >= 0.3 is 6.18 Å². The number of amides is 2. The van der Waals surface area contributed by atoms with Crippen LogP contribution in [-0.4, -0.2) is 88.1 Å². The van der Waals surface area contributed by atoms with Gasteiger partial charge in [-0.05, 0) is 33.1 Å². The second-order valence-corrected chi connectivity index (χ2v) is 9.28. The number of carbonyl (C=O) groups excluding carboxylic acids is 2. The van der Waals surface area contributed by atoms with E-state index in [1.165, 1.54) is 17.2 Å². The molecule has 2 aliphatic rings. The Balaban J connectivity index is 1.56. The Morgan fingerprint density at radius 2 is 1.84 bits per heavy atom. The molecule has 174 valence electrons. The van der Waals surface area contributed by atoms with Gasteiger partial charge in [0.2, 0.25) is 17.4 Å². The van der Waals surface area contributed by atoms with Crippen molar-refractivity contribution in [2.75, 3.05) is 39.3 Å². The van der Waals surface area contributed by atoms with Crippen molar-refractivity contribution in [3.8, 4) is 0 Å². The molecule has 7 nitrogen and oxygen atoms in total. The molecule has 0 aliphatic carbocycles. The van der Waals surface area contributed by atoms with Crippen LogP contribution in [0.1, 0.15) is 43.3 Å². The maximum absolute atomic E-state index is 13.6. The Bertz CT molecular complexity index is 795. The number of aliphatic hydroxyl groups is 1. The highest BCUT2D eigenvalue weighted by atomic mass is 32.1. The minimum Gasteiger partial charge on any atom is -0.374 e. The summed E-state index contributed by atoms with van der Waals surface area (Å²) >= 11 is 0.691. The van der Waals surface area contributed by atoms with Crippen LogP contribution in [0.3, 0.4) is 0 Å². The molecule has 0 saturated carbocycles. The van der Waals surface area contributed by atoms with Crippen molar-refractivity contribution in [3.63, 3.8) is 0 Å². The van der Waals surface area contributed by atoms with E-state index >= 15 is 0 Å². The van der Waals surface area contributed by atoms with Crippen LogP contribution in [-0.2, 0) is 15.2 Å². The standard InChI is InChI=1S/C20H29F3N4O3S/c1-14-13-31-18(24-14)19(30,20(21,22)23)11-16(28)26-9-7-25(8-10-26)12-17(29)27-6-4-3-5-15(27)2/h13,15,30H,3-12H2,1-2H3/t15-,19+/m0/s1. The first kappa shape index (κ1) is 23.9. The summed E-state index contributed by atoms with van der Waals surface area (Å²) in [6.07, 6.45) is -3.01. The van der Waals surface area contributed by atoms with Crippen LogP contribution in [0.4, 0.5) is 13.2 Å². The Morgan fingerprint density at radius 3 is 2.39 bits per heavy atom. The predicted octanol–water partition coefficient (Wildman–Crippen LogP) is 2.14. The lowest BCUT2D eigenvalue weighted by molar-refractivity contribution is -0.268. The molecule has 0 bridgehead atoms. The van der Waals surface area contributed by atoms with Crippen molar-refractivity contribution in [2.45, 2.75) is 57.3 Å². The van der Waals surface area contributed by atoms with Crippen LogP contribution >= 0.6 is 11.3 Å². The molecule has 3 heterocycles. The maximum Gasteiger partial charge on any atom is 0.424 e. The third-order valence-electron chi connectivity index (χ3n) is 6.06. The van der Waals surface area contributed by atoms with E-state index in [4.69, 9.17) is 0 Å². The van der Waals surface area contributed by atoms with E-state index in [2.05, 4.69) is 4.98 Å². The fourth-order valence-corrected chi connectivity index (χ4v) is 4.99. The molecular formula is C20H29F3N4O3S. The van der Waals surface area contributed by atoms with Crippen molar-refractivity contribution in [2.24, 2.45) is 0 Å². The van der Waals surface area contributed by atoms with Crippen LogP contribution in [0.25, 0.3) is 0 Å². The number of piperidine rings is 1. The quantitative estimate of drug-likeness (QED) is 0.726. The summed E-state index contributed by atoms with van der Waals surface area (Å²) in [4.78, 5) is 34.1. The average Bonchev–Trinajstić information content (AvgIpc) is 3.14. The van der Waals surface area contributed by atoms with Crippen molar-refractivity contribution < 1.29 is 27.9 Å². The van der Waals surface area contributed by atoms with Crippen molar-refractivity contribution >= 4 is 23.2 Å². The lowest BCUT2D eigenvalue weighted by atomic mass is 9.98. The van der Waals surface area contributed by atoms with Gasteiger partial charge in [0, 0.05) is 49.8 Å². The molecule has 2 fully saturated rings. The number of piperazine rings is 1. The van der Waals surface area contributed by atoms with E-state index in [1.54, 1.807) is 0 Å². The molecule has 0 aromatic carbocycles. The second kappa shape index (κ2) is 9.41. The van der Waals surface area contributed by atoms with E-state index in [1.807, 2.05) is 16.7 Å². The summed E-state index contributed by atoms with van der Waals surface area (Å²) in [5.74, 6) is -0.721. The first-order valence-corrected chi connectivity index (χ1v) is 11.4. The van der Waals surface area contributed by atoms with Crippen LogP contribution in [0.2, 0.25) is 0 Å². The summed E-state index contributed by atoms with van der Waals surface area (Å²) in [7, 11) is 0. The summed E-state index contributed by atoms with van der Waals surface area (Å²) in [6.45, 7) is 5.81. The van der Waals surface area contributed by atoms with Gasteiger partial charge in [-0.25, -0.2) is 4.98 Å². The molecule has 2 amide bonds. The Labute approximate surface area is 183 Å². The molecule has 3 rings (SSSR count). The molecule has 11 heteroatoms. The highest BCUT2D eigenvalue weighted by molar-refractivity contribution is 7.09. The van der Waals surface area contributed by atoms with Crippen LogP contribution in [0.5, 0.6) is 0 Å². The number of rotatable bonds is 5. The number of hydrogen-bond donors (Lipinski definition) is 1. The normalized spacial score (nSPS) is 23.0. The highest BCUT2D eigenvalue weighted by Gasteiger charge is 2.58. The molecule has 2 aliphatic heterocycles. The lowest BCUT2D eigenvalue weighted by Gasteiger charge is -2.38. The zero-order chi connectivity index (χ0) is 22.8. The summed E-state index contributed by atoms with van der Waals surface area (Å²) < 4.78 is 40.9. The van der Waals surface area contributed by atoms with E-state index in [0.29, 0.717) is 30.1 Å². The van der Waals surface area contributed by atoms with Gasteiger partial charge in [0.25, 0.3) is 0 Å². The Morgan fingerprint density at radius 1 is 1.16 bits per heavy atom. The van der Waals surface area contributed by atoms with Gasteiger partial charge in [0.1, 0.15) is 5.01 Å². The van der Waals surface area contributed by atoms with Gasteiger partial charge in [-0.2, -0.15) is 13.2 Å². The maximum atomic E-state index is 13.6. The number of thiazole rings is 1.